The first-order chi connectivity index (χ1) is 6.79. The summed E-state index contributed by atoms with van der Waals surface area (Å²) in [5, 5.41) is 1.60. The maximum atomic E-state index is 5.83. The topological polar surface area (TPSA) is 35.0 Å². The van der Waals surface area contributed by atoms with Gasteiger partial charge in [-0.2, -0.15) is 4.98 Å². The predicted octanol–water partition coefficient (Wildman–Crippen LogP) is 2.68. The highest BCUT2D eigenvalue weighted by Crippen LogP contribution is 2.18. The zero-order valence-electron chi connectivity index (χ0n) is 7.70. The summed E-state index contributed by atoms with van der Waals surface area (Å²) in [4.78, 5) is 8.26. The first-order valence-corrected chi connectivity index (χ1v) is 4.72. The maximum absolute atomic E-state index is 5.83. The highest BCUT2D eigenvalue weighted by atomic mass is 35.5. The first-order valence-electron chi connectivity index (χ1n) is 4.34. The molecule has 14 heavy (non-hydrogen) atoms. The second kappa shape index (κ2) is 3.80. The van der Waals surface area contributed by atoms with Crippen LogP contribution < -0.4 is 4.74 Å². The van der Waals surface area contributed by atoms with Gasteiger partial charge in [0, 0.05) is 16.6 Å². The van der Waals surface area contributed by atoms with Crippen LogP contribution in [0.5, 0.6) is 6.01 Å². The minimum Gasteiger partial charge on any atom is -0.464 e. The lowest BCUT2D eigenvalue weighted by atomic mass is 10.2. The van der Waals surface area contributed by atoms with Gasteiger partial charge in [0.15, 0.2) is 0 Å². The van der Waals surface area contributed by atoms with E-state index in [2.05, 4.69) is 9.97 Å². The van der Waals surface area contributed by atoms with Gasteiger partial charge in [-0.3, -0.25) is 0 Å². The zero-order valence-corrected chi connectivity index (χ0v) is 8.45. The van der Waals surface area contributed by atoms with Crippen molar-refractivity contribution in [3.8, 4) is 6.01 Å². The van der Waals surface area contributed by atoms with Crippen LogP contribution in [0.2, 0.25) is 5.02 Å². The molecular weight excluding hydrogens is 200 g/mol. The highest BCUT2D eigenvalue weighted by Gasteiger charge is 2.00. The number of ether oxygens (including phenoxy) is 1. The molecule has 4 heteroatoms. The van der Waals surface area contributed by atoms with E-state index in [0.717, 1.165) is 10.9 Å². The Labute approximate surface area is 86.7 Å². The fourth-order valence-corrected chi connectivity index (χ4v) is 1.37. The fourth-order valence-electron chi connectivity index (χ4n) is 1.19. The number of hydrogen-bond donors (Lipinski definition) is 0. The third-order valence-corrected chi connectivity index (χ3v) is 2.03. The Kier molecular flexibility index (Phi) is 2.50. The number of aromatic nitrogens is 2. The molecule has 0 saturated carbocycles. The Balaban J connectivity index is 2.50. The van der Waals surface area contributed by atoms with Crippen molar-refractivity contribution < 1.29 is 4.74 Å². The van der Waals surface area contributed by atoms with Crippen molar-refractivity contribution in [3.63, 3.8) is 0 Å². The van der Waals surface area contributed by atoms with E-state index in [1.54, 1.807) is 12.3 Å². The lowest BCUT2D eigenvalue weighted by Crippen LogP contribution is -1.96. The van der Waals surface area contributed by atoms with Crippen molar-refractivity contribution >= 4 is 22.5 Å². The summed E-state index contributed by atoms with van der Waals surface area (Å²) in [6.07, 6.45) is 1.71. The highest BCUT2D eigenvalue weighted by molar-refractivity contribution is 6.31. The molecule has 3 nitrogen and oxygen atoms in total. The number of halogens is 1. The minimum absolute atomic E-state index is 0.405. The summed E-state index contributed by atoms with van der Waals surface area (Å²) in [5.41, 5.74) is 0.841. The van der Waals surface area contributed by atoms with Gasteiger partial charge < -0.3 is 4.74 Å². The van der Waals surface area contributed by atoms with Crippen LogP contribution in [0, 0.1) is 0 Å². The quantitative estimate of drug-likeness (QED) is 0.761. The van der Waals surface area contributed by atoms with E-state index in [4.69, 9.17) is 16.3 Å². The van der Waals surface area contributed by atoms with Gasteiger partial charge in [-0.1, -0.05) is 11.6 Å². The molecule has 2 aromatic rings. The van der Waals surface area contributed by atoms with Gasteiger partial charge in [0.25, 0.3) is 0 Å². The Bertz CT molecular complexity index is 459. The van der Waals surface area contributed by atoms with Gasteiger partial charge in [-0.05, 0) is 25.1 Å². The largest absolute Gasteiger partial charge is 0.464 e. The summed E-state index contributed by atoms with van der Waals surface area (Å²) in [6.45, 7) is 2.47. The monoisotopic (exact) mass is 208 g/mol. The van der Waals surface area contributed by atoms with Crippen LogP contribution in [-0.2, 0) is 0 Å². The van der Waals surface area contributed by atoms with Gasteiger partial charge in [-0.25, -0.2) is 4.98 Å². The molecule has 72 valence electrons. The molecule has 1 aromatic heterocycles. The van der Waals surface area contributed by atoms with Crippen molar-refractivity contribution in [1.82, 2.24) is 9.97 Å². The SMILES string of the molecule is CCOc1ncc2cc(Cl)ccc2n1. The Morgan fingerprint density at radius 3 is 3.07 bits per heavy atom. The Hall–Kier alpha value is -1.35. The van der Waals surface area contributed by atoms with Crippen LogP contribution in [0.15, 0.2) is 24.4 Å². The minimum atomic E-state index is 0.405. The molecule has 0 amide bonds. The maximum Gasteiger partial charge on any atom is 0.316 e. The fraction of sp³-hybridized carbons (Fsp3) is 0.200. The smallest absolute Gasteiger partial charge is 0.316 e. The predicted molar refractivity (Wildman–Crippen MR) is 55.7 cm³/mol. The third kappa shape index (κ3) is 1.77. The molecule has 0 spiro atoms. The summed E-state index contributed by atoms with van der Waals surface area (Å²) in [6, 6.07) is 5.88. The molecule has 0 atom stereocenters. The van der Waals surface area contributed by atoms with Crippen LogP contribution in [0.4, 0.5) is 0 Å². The van der Waals surface area contributed by atoms with Crippen molar-refractivity contribution in [2.75, 3.05) is 6.61 Å². The molecule has 0 radical (unpaired) electrons. The first kappa shape index (κ1) is 9.21. The molecule has 0 N–H and O–H groups in total. The van der Waals surface area contributed by atoms with Crippen LogP contribution in [0.3, 0.4) is 0 Å². The lowest BCUT2D eigenvalue weighted by molar-refractivity contribution is 0.314. The zero-order chi connectivity index (χ0) is 9.97. The van der Waals surface area contributed by atoms with Crippen molar-refractivity contribution in [3.05, 3.63) is 29.4 Å². The number of rotatable bonds is 2. The van der Waals surface area contributed by atoms with E-state index < -0.39 is 0 Å². The molecule has 0 aliphatic rings. The third-order valence-electron chi connectivity index (χ3n) is 1.79. The number of hydrogen-bond acceptors (Lipinski definition) is 3. The van der Waals surface area contributed by atoms with E-state index in [1.165, 1.54) is 0 Å². The lowest BCUT2D eigenvalue weighted by Gasteiger charge is -2.01. The molecule has 1 aromatic carbocycles. The Morgan fingerprint density at radius 2 is 2.29 bits per heavy atom. The molecule has 1 heterocycles. The summed E-state index contributed by atoms with van der Waals surface area (Å²) >= 11 is 5.83. The van der Waals surface area contributed by atoms with Crippen LogP contribution in [-0.4, -0.2) is 16.6 Å². The summed E-state index contributed by atoms with van der Waals surface area (Å²) in [7, 11) is 0. The van der Waals surface area contributed by atoms with Gasteiger partial charge in [-0.15, -0.1) is 0 Å². The second-order valence-electron chi connectivity index (χ2n) is 2.79. The van der Waals surface area contributed by atoms with E-state index in [1.807, 2.05) is 19.1 Å². The van der Waals surface area contributed by atoms with Gasteiger partial charge in [0.2, 0.25) is 0 Å². The second-order valence-corrected chi connectivity index (χ2v) is 3.23. The Morgan fingerprint density at radius 1 is 1.43 bits per heavy atom. The van der Waals surface area contributed by atoms with Crippen LogP contribution in [0.25, 0.3) is 10.9 Å². The van der Waals surface area contributed by atoms with Crippen LogP contribution in [0.1, 0.15) is 6.92 Å². The van der Waals surface area contributed by atoms with Gasteiger partial charge >= 0.3 is 6.01 Å². The van der Waals surface area contributed by atoms with Gasteiger partial charge in [0.1, 0.15) is 0 Å². The summed E-state index contributed by atoms with van der Waals surface area (Å²) in [5.74, 6) is 0. The van der Waals surface area contributed by atoms with E-state index in [-0.39, 0.29) is 0 Å². The van der Waals surface area contributed by atoms with Crippen molar-refractivity contribution in [2.45, 2.75) is 6.92 Å². The van der Waals surface area contributed by atoms with Gasteiger partial charge in [0.05, 0.1) is 12.1 Å². The van der Waals surface area contributed by atoms with Crippen molar-refractivity contribution in [1.29, 1.82) is 0 Å². The van der Waals surface area contributed by atoms with Crippen LogP contribution >= 0.6 is 11.6 Å². The molecule has 0 bridgehead atoms. The summed E-state index contributed by atoms with van der Waals surface area (Å²) < 4.78 is 5.19. The number of fused-ring (bicyclic) bond motifs is 1. The van der Waals surface area contributed by atoms with E-state index >= 15 is 0 Å². The molecule has 2 rings (SSSR count). The average Bonchev–Trinajstić information content (AvgIpc) is 2.19. The molecule has 0 aliphatic heterocycles. The molecule has 0 unspecified atom stereocenters. The van der Waals surface area contributed by atoms with E-state index in [0.29, 0.717) is 17.6 Å². The van der Waals surface area contributed by atoms with Crippen molar-refractivity contribution in [2.24, 2.45) is 0 Å². The molecule has 0 saturated heterocycles. The number of nitrogens with zero attached hydrogens (tertiary/aromatic N) is 2. The van der Waals surface area contributed by atoms with E-state index in [9.17, 15) is 0 Å². The molecule has 0 fully saturated rings. The standard InChI is InChI=1S/C10H9ClN2O/c1-2-14-10-12-6-7-5-8(11)3-4-9(7)13-10/h3-6H,2H2,1H3. The molecule has 0 aliphatic carbocycles. The number of benzene rings is 1. The average molecular weight is 209 g/mol. The normalized spacial score (nSPS) is 10.4. The molecular formula is C10H9ClN2O.